The zero-order chi connectivity index (χ0) is 27.2. The lowest BCUT2D eigenvalue weighted by molar-refractivity contribution is -0.111. The van der Waals surface area contributed by atoms with Crippen molar-refractivity contribution in [1.82, 2.24) is 25.2 Å². The van der Waals surface area contributed by atoms with Crippen LogP contribution in [-0.4, -0.2) is 64.4 Å². The first-order chi connectivity index (χ1) is 18.2. The van der Waals surface area contributed by atoms with Gasteiger partial charge in [0.2, 0.25) is 11.9 Å². The van der Waals surface area contributed by atoms with Crippen LogP contribution in [0.4, 0.5) is 11.6 Å². The van der Waals surface area contributed by atoms with Crippen molar-refractivity contribution in [1.29, 1.82) is 0 Å². The molecule has 200 valence electrons. The Hall–Kier alpha value is -3.34. The van der Waals surface area contributed by atoms with Gasteiger partial charge in [-0.15, -0.1) is 11.3 Å². The molecule has 0 radical (unpaired) electrons. The van der Waals surface area contributed by atoms with Crippen molar-refractivity contribution in [2.75, 3.05) is 31.3 Å². The lowest BCUT2D eigenvalue weighted by Gasteiger charge is -2.15. The smallest absolute Gasteiger partial charge is 0.251 e. The Morgan fingerprint density at radius 2 is 1.87 bits per heavy atom. The predicted octanol–water partition coefficient (Wildman–Crippen LogP) is 4.69. The van der Waals surface area contributed by atoms with Gasteiger partial charge in [0.25, 0.3) is 5.91 Å². The van der Waals surface area contributed by atoms with E-state index in [-0.39, 0.29) is 23.9 Å². The summed E-state index contributed by atoms with van der Waals surface area (Å²) >= 11 is 7.95. The fourth-order valence-electron chi connectivity index (χ4n) is 4.30. The van der Waals surface area contributed by atoms with Crippen LogP contribution >= 0.6 is 22.9 Å². The molecular weight excluding hydrogens is 522 g/mol. The number of aromatic nitrogens is 3. The van der Waals surface area contributed by atoms with E-state index in [9.17, 15) is 9.59 Å². The van der Waals surface area contributed by atoms with Gasteiger partial charge >= 0.3 is 0 Å². The van der Waals surface area contributed by atoms with Crippen molar-refractivity contribution >= 4 is 46.4 Å². The number of likely N-dealkylation sites (N-methyl/N-ethyl adjacent to an activating group) is 1. The summed E-state index contributed by atoms with van der Waals surface area (Å²) in [5, 5.41) is 10.8. The number of anilines is 2. The highest BCUT2D eigenvalue weighted by atomic mass is 35.5. The minimum absolute atomic E-state index is 0.0411. The molecule has 9 nitrogen and oxygen atoms in total. The molecule has 2 amide bonds. The molecular formula is C27H32ClN7O2S. The number of amides is 2. The summed E-state index contributed by atoms with van der Waals surface area (Å²) in [5.41, 5.74) is 2.76. The van der Waals surface area contributed by atoms with E-state index in [1.807, 2.05) is 32.8 Å². The molecule has 2 atom stereocenters. The molecule has 1 saturated carbocycles. The van der Waals surface area contributed by atoms with Crippen LogP contribution in [0.5, 0.6) is 0 Å². The lowest BCUT2D eigenvalue weighted by Crippen LogP contribution is -2.34. The Morgan fingerprint density at radius 1 is 1.13 bits per heavy atom. The summed E-state index contributed by atoms with van der Waals surface area (Å²) in [6, 6.07) is 7.06. The average Bonchev–Trinajstić information content (AvgIpc) is 3.45. The van der Waals surface area contributed by atoms with Gasteiger partial charge in [0.05, 0.1) is 26.8 Å². The lowest BCUT2D eigenvalue weighted by atomic mass is 10.1. The number of halogens is 1. The Morgan fingerprint density at radius 3 is 2.55 bits per heavy atom. The molecule has 0 saturated heterocycles. The third-order valence-corrected chi connectivity index (χ3v) is 7.47. The van der Waals surface area contributed by atoms with Gasteiger partial charge in [-0.1, -0.05) is 17.7 Å². The third kappa shape index (κ3) is 7.37. The van der Waals surface area contributed by atoms with Crippen molar-refractivity contribution in [2.24, 2.45) is 0 Å². The molecule has 2 heterocycles. The molecule has 1 aromatic carbocycles. The van der Waals surface area contributed by atoms with Crippen LogP contribution in [0.3, 0.4) is 0 Å². The normalized spacial score (nSPS) is 17.2. The minimum Gasteiger partial charge on any atom is -0.351 e. The molecule has 3 N–H and O–H groups in total. The number of thiazole rings is 1. The number of nitrogens with one attached hydrogen (secondary N) is 3. The van der Waals surface area contributed by atoms with Crippen LogP contribution in [0.2, 0.25) is 5.02 Å². The molecule has 1 fully saturated rings. The molecule has 38 heavy (non-hydrogen) atoms. The van der Waals surface area contributed by atoms with E-state index in [1.54, 1.807) is 47.9 Å². The number of nitrogens with zero attached hydrogens (tertiary/aromatic N) is 4. The highest BCUT2D eigenvalue weighted by molar-refractivity contribution is 7.15. The fraction of sp³-hybridized carbons (Fsp3) is 0.370. The van der Waals surface area contributed by atoms with E-state index in [0.29, 0.717) is 34.5 Å². The van der Waals surface area contributed by atoms with Gasteiger partial charge in [0.1, 0.15) is 5.69 Å². The van der Waals surface area contributed by atoms with E-state index in [0.717, 1.165) is 34.8 Å². The maximum absolute atomic E-state index is 12.8. The Labute approximate surface area is 231 Å². The van der Waals surface area contributed by atoms with Crippen LogP contribution in [0.1, 0.15) is 40.3 Å². The van der Waals surface area contributed by atoms with Crippen molar-refractivity contribution in [2.45, 2.75) is 45.2 Å². The van der Waals surface area contributed by atoms with Gasteiger partial charge in [-0.05, 0) is 71.5 Å². The first-order valence-electron chi connectivity index (χ1n) is 12.4. The second kappa shape index (κ2) is 12.5. The fourth-order valence-corrected chi connectivity index (χ4v) is 5.47. The number of carbonyl (C=O) groups excluding carboxylic acids is 2. The molecule has 11 heteroatoms. The second-order valence-corrected chi connectivity index (χ2v) is 11.2. The number of aryl methyl sites for hydroxylation is 2. The third-order valence-electron chi connectivity index (χ3n) is 6.12. The first-order valence-corrected chi connectivity index (χ1v) is 13.6. The quantitative estimate of drug-likeness (QED) is 0.329. The average molecular weight is 554 g/mol. The standard InChI is InChI=1S/C27H32ClN7O2S/c1-16-25(38-17(2)30-16)24-22(28)15-29-27(34-24)33-21-12-11-20(14-21)32-26(37)18-7-9-19(10-8-18)31-23(36)6-5-13-35(3)4/h5-10,15,20-21H,11-14H2,1-4H3,(H,31,36)(H,32,37)(H,29,33,34)/b6-5+/t20?,21-/m0/s1. The van der Waals surface area contributed by atoms with Crippen molar-refractivity contribution in [3.05, 3.63) is 63.9 Å². The van der Waals surface area contributed by atoms with Crippen LogP contribution in [0.25, 0.3) is 10.6 Å². The van der Waals surface area contributed by atoms with E-state index >= 15 is 0 Å². The van der Waals surface area contributed by atoms with Gasteiger partial charge in [0.15, 0.2) is 0 Å². The number of benzene rings is 1. The molecule has 3 aromatic rings. The molecule has 0 aliphatic heterocycles. The zero-order valence-corrected chi connectivity index (χ0v) is 23.5. The number of hydrogen-bond acceptors (Lipinski definition) is 8. The molecule has 2 aromatic heterocycles. The zero-order valence-electron chi connectivity index (χ0n) is 21.9. The van der Waals surface area contributed by atoms with E-state index < -0.39 is 0 Å². The summed E-state index contributed by atoms with van der Waals surface area (Å²) in [5.74, 6) is 0.171. The van der Waals surface area contributed by atoms with Crippen molar-refractivity contribution < 1.29 is 9.59 Å². The van der Waals surface area contributed by atoms with Crippen LogP contribution < -0.4 is 16.0 Å². The topological polar surface area (TPSA) is 112 Å². The van der Waals surface area contributed by atoms with Gasteiger partial charge in [-0.25, -0.2) is 15.0 Å². The SMILES string of the molecule is Cc1nc(C)c(-c2nc(N[C@H]3CCC(NC(=O)c4ccc(NC(=O)/C=C/CN(C)C)cc4)C3)ncc2Cl)s1. The second-order valence-electron chi connectivity index (χ2n) is 9.59. The van der Waals surface area contributed by atoms with Crippen LogP contribution in [0, 0.1) is 13.8 Å². The van der Waals surface area contributed by atoms with E-state index in [4.69, 9.17) is 11.6 Å². The van der Waals surface area contributed by atoms with Crippen molar-refractivity contribution in [3.8, 4) is 10.6 Å². The Bertz CT molecular complexity index is 1320. The highest BCUT2D eigenvalue weighted by Crippen LogP contribution is 2.34. The number of hydrogen-bond donors (Lipinski definition) is 3. The Kier molecular flexibility index (Phi) is 9.09. The summed E-state index contributed by atoms with van der Waals surface area (Å²) < 4.78 is 0. The molecule has 0 spiro atoms. The number of rotatable bonds is 9. The van der Waals surface area contributed by atoms with E-state index in [2.05, 4.69) is 30.9 Å². The first kappa shape index (κ1) is 27.7. The highest BCUT2D eigenvalue weighted by Gasteiger charge is 2.27. The largest absolute Gasteiger partial charge is 0.351 e. The summed E-state index contributed by atoms with van der Waals surface area (Å²) in [6.45, 7) is 4.59. The van der Waals surface area contributed by atoms with Gasteiger partial charge < -0.3 is 20.9 Å². The maximum Gasteiger partial charge on any atom is 0.251 e. The summed E-state index contributed by atoms with van der Waals surface area (Å²) in [6.07, 6.45) is 7.41. The molecule has 1 aliphatic rings. The van der Waals surface area contributed by atoms with Crippen LogP contribution in [-0.2, 0) is 4.79 Å². The van der Waals surface area contributed by atoms with E-state index in [1.165, 1.54) is 6.08 Å². The Balaban J connectivity index is 1.29. The minimum atomic E-state index is -0.206. The summed E-state index contributed by atoms with van der Waals surface area (Å²) in [4.78, 5) is 41.2. The monoisotopic (exact) mass is 553 g/mol. The molecule has 0 bridgehead atoms. The van der Waals surface area contributed by atoms with Crippen molar-refractivity contribution in [3.63, 3.8) is 0 Å². The van der Waals surface area contributed by atoms with Gasteiger partial charge in [0, 0.05) is 36.0 Å². The van der Waals surface area contributed by atoms with Gasteiger partial charge in [-0.3, -0.25) is 9.59 Å². The molecule has 4 rings (SSSR count). The molecule has 1 aliphatic carbocycles. The van der Waals surface area contributed by atoms with Gasteiger partial charge in [-0.2, -0.15) is 0 Å². The van der Waals surface area contributed by atoms with Crippen LogP contribution in [0.15, 0.2) is 42.6 Å². The number of carbonyl (C=O) groups is 2. The summed E-state index contributed by atoms with van der Waals surface area (Å²) in [7, 11) is 3.87. The molecule has 1 unspecified atom stereocenters. The predicted molar refractivity (Wildman–Crippen MR) is 153 cm³/mol. The maximum atomic E-state index is 12.8.